The van der Waals surface area contributed by atoms with Crippen LogP contribution in [0, 0.1) is 11.8 Å². The van der Waals surface area contributed by atoms with Crippen molar-refractivity contribution in [3.63, 3.8) is 0 Å². The molecule has 2 aliphatic rings. The van der Waals surface area contributed by atoms with Gasteiger partial charge in [-0.1, -0.05) is 6.42 Å². The molecule has 23 heavy (non-hydrogen) atoms. The Bertz CT molecular complexity index is 748. The maximum Gasteiger partial charge on any atom is 0.171 e. The molecule has 0 amide bonds. The van der Waals surface area contributed by atoms with E-state index < -0.39 is 0 Å². The van der Waals surface area contributed by atoms with Gasteiger partial charge in [0.15, 0.2) is 5.11 Å². The van der Waals surface area contributed by atoms with E-state index in [1.807, 2.05) is 24.3 Å². The Kier molecular flexibility index (Phi) is 3.81. The fourth-order valence-electron chi connectivity index (χ4n) is 4.17. The normalized spacial score (nSPS) is 25.5. The van der Waals surface area contributed by atoms with Crippen LogP contribution in [0.2, 0.25) is 0 Å². The summed E-state index contributed by atoms with van der Waals surface area (Å²) in [6.45, 7) is 0. The average Bonchev–Trinajstić information content (AvgIpc) is 3.18. The minimum Gasteiger partial charge on any atom is -0.494 e. The highest BCUT2D eigenvalue weighted by atomic mass is 32.1. The van der Waals surface area contributed by atoms with Gasteiger partial charge in [0, 0.05) is 23.3 Å². The Morgan fingerprint density at radius 2 is 2.17 bits per heavy atom. The number of anilines is 1. The van der Waals surface area contributed by atoms with Gasteiger partial charge in [-0.2, -0.15) is 0 Å². The van der Waals surface area contributed by atoms with Crippen molar-refractivity contribution >= 4 is 33.9 Å². The number of hydrogen-bond acceptors (Lipinski definition) is 3. The number of methoxy groups -OCH3 is 1. The van der Waals surface area contributed by atoms with Crippen molar-refractivity contribution in [2.75, 3.05) is 12.4 Å². The van der Waals surface area contributed by atoms with E-state index in [1.165, 1.54) is 25.7 Å². The van der Waals surface area contributed by atoms with Crippen LogP contribution in [0.3, 0.4) is 0 Å². The standard InChI is InChI=1S/C18H21N3OS/c1-22-16-7-6-14(13-3-2-8-19-17(13)16)20-18(23)21-15-10-11-4-5-12(15)9-11/h2-3,6-8,11-12,15H,4-5,9-10H2,1H3,(H2,20,21,23)/t11-,12-,15-/m0/s1. The summed E-state index contributed by atoms with van der Waals surface area (Å²) in [5.74, 6) is 2.48. The molecule has 0 radical (unpaired) electrons. The summed E-state index contributed by atoms with van der Waals surface area (Å²) in [7, 11) is 1.66. The van der Waals surface area contributed by atoms with Crippen molar-refractivity contribution in [1.82, 2.24) is 10.3 Å². The summed E-state index contributed by atoms with van der Waals surface area (Å²) in [5, 5.41) is 8.59. The maximum absolute atomic E-state index is 5.54. The number of thiocarbonyl (C=S) groups is 1. The number of fused-ring (bicyclic) bond motifs is 3. The third-order valence-electron chi connectivity index (χ3n) is 5.26. The van der Waals surface area contributed by atoms with Crippen LogP contribution >= 0.6 is 12.2 Å². The van der Waals surface area contributed by atoms with Crippen LogP contribution in [0.4, 0.5) is 5.69 Å². The van der Waals surface area contributed by atoms with Gasteiger partial charge in [-0.3, -0.25) is 4.98 Å². The molecule has 2 aliphatic carbocycles. The van der Waals surface area contributed by atoms with Gasteiger partial charge in [-0.15, -0.1) is 0 Å². The molecule has 120 valence electrons. The van der Waals surface area contributed by atoms with Gasteiger partial charge < -0.3 is 15.4 Å². The van der Waals surface area contributed by atoms with E-state index in [0.717, 1.165) is 34.2 Å². The Hall–Kier alpha value is -1.88. The molecule has 0 unspecified atom stereocenters. The van der Waals surface area contributed by atoms with Crippen molar-refractivity contribution in [2.45, 2.75) is 31.7 Å². The summed E-state index contributed by atoms with van der Waals surface area (Å²) >= 11 is 5.54. The molecular weight excluding hydrogens is 306 g/mol. The van der Waals surface area contributed by atoms with Crippen molar-refractivity contribution in [3.05, 3.63) is 30.5 Å². The molecule has 3 atom stereocenters. The molecule has 5 heteroatoms. The molecule has 1 heterocycles. The highest BCUT2D eigenvalue weighted by Gasteiger charge is 2.39. The van der Waals surface area contributed by atoms with Crippen LogP contribution in [0.25, 0.3) is 10.9 Å². The first-order valence-corrected chi connectivity index (χ1v) is 8.64. The zero-order chi connectivity index (χ0) is 15.8. The van der Waals surface area contributed by atoms with E-state index >= 15 is 0 Å². The molecule has 4 rings (SSSR count). The van der Waals surface area contributed by atoms with E-state index in [0.29, 0.717) is 11.2 Å². The summed E-state index contributed by atoms with van der Waals surface area (Å²) in [6.07, 6.45) is 7.16. The number of rotatable bonds is 3. The van der Waals surface area contributed by atoms with Gasteiger partial charge in [0.1, 0.15) is 11.3 Å². The number of benzene rings is 1. The van der Waals surface area contributed by atoms with Crippen LogP contribution in [0.15, 0.2) is 30.5 Å². The lowest BCUT2D eigenvalue weighted by atomic mass is 9.95. The fraction of sp³-hybridized carbons (Fsp3) is 0.444. The third kappa shape index (κ3) is 2.74. The number of ether oxygens (including phenoxy) is 1. The van der Waals surface area contributed by atoms with Crippen molar-refractivity contribution in [2.24, 2.45) is 11.8 Å². The lowest BCUT2D eigenvalue weighted by Crippen LogP contribution is -2.40. The second kappa shape index (κ2) is 5.96. The molecule has 2 saturated carbocycles. The smallest absolute Gasteiger partial charge is 0.171 e. The molecule has 4 nitrogen and oxygen atoms in total. The Morgan fingerprint density at radius 3 is 2.91 bits per heavy atom. The maximum atomic E-state index is 5.54. The zero-order valence-electron chi connectivity index (χ0n) is 13.2. The molecule has 0 saturated heterocycles. The van der Waals surface area contributed by atoms with E-state index in [4.69, 9.17) is 17.0 Å². The minimum atomic E-state index is 0.538. The molecule has 2 N–H and O–H groups in total. The number of nitrogens with zero attached hydrogens (tertiary/aromatic N) is 1. The van der Waals surface area contributed by atoms with Gasteiger partial charge in [0.05, 0.1) is 7.11 Å². The highest BCUT2D eigenvalue weighted by molar-refractivity contribution is 7.80. The van der Waals surface area contributed by atoms with E-state index in [2.05, 4.69) is 15.6 Å². The topological polar surface area (TPSA) is 46.2 Å². The van der Waals surface area contributed by atoms with E-state index in [1.54, 1.807) is 13.3 Å². The van der Waals surface area contributed by atoms with Gasteiger partial charge in [-0.05, 0) is 67.6 Å². The highest BCUT2D eigenvalue weighted by Crippen LogP contribution is 2.44. The van der Waals surface area contributed by atoms with Crippen LogP contribution in [0.5, 0.6) is 5.75 Å². The van der Waals surface area contributed by atoms with E-state index in [9.17, 15) is 0 Å². The second-order valence-electron chi connectivity index (χ2n) is 6.59. The molecule has 2 aromatic rings. The SMILES string of the molecule is COc1ccc(NC(=S)N[C@H]2C[C@H]3CC[C@H]2C3)c2cccnc12. The Labute approximate surface area is 141 Å². The van der Waals surface area contributed by atoms with Crippen LogP contribution in [-0.2, 0) is 0 Å². The minimum absolute atomic E-state index is 0.538. The van der Waals surface area contributed by atoms with E-state index in [-0.39, 0.29) is 0 Å². The predicted octanol–water partition coefficient (Wildman–Crippen LogP) is 3.72. The Balaban J connectivity index is 1.52. The summed E-state index contributed by atoms with van der Waals surface area (Å²) in [4.78, 5) is 4.43. The second-order valence-corrected chi connectivity index (χ2v) is 7.00. The first-order valence-electron chi connectivity index (χ1n) is 8.24. The van der Waals surface area contributed by atoms with Crippen molar-refractivity contribution < 1.29 is 4.74 Å². The molecule has 2 bridgehead atoms. The van der Waals surface area contributed by atoms with Crippen LogP contribution in [0.1, 0.15) is 25.7 Å². The average molecular weight is 327 g/mol. The van der Waals surface area contributed by atoms with Gasteiger partial charge >= 0.3 is 0 Å². The quantitative estimate of drug-likeness (QED) is 0.841. The number of pyridine rings is 1. The fourth-order valence-corrected chi connectivity index (χ4v) is 4.43. The Morgan fingerprint density at radius 1 is 1.26 bits per heavy atom. The molecule has 1 aromatic heterocycles. The number of hydrogen-bond donors (Lipinski definition) is 2. The predicted molar refractivity (Wildman–Crippen MR) is 96.9 cm³/mol. The van der Waals surface area contributed by atoms with Crippen LogP contribution in [-0.4, -0.2) is 23.2 Å². The first-order chi connectivity index (χ1) is 11.2. The first kappa shape index (κ1) is 14.7. The van der Waals surface area contributed by atoms with Gasteiger partial charge in [0.2, 0.25) is 0 Å². The summed E-state index contributed by atoms with van der Waals surface area (Å²) in [5.41, 5.74) is 1.82. The number of nitrogens with one attached hydrogen (secondary N) is 2. The third-order valence-corrected chi connectivity index (χ3v) is 5.48. The summed E-state index contributed by atoms with van der Waals surface area (Å²) < 4.78 is 5.39. The number of aromatic nitrogens is 1. The molecular formula is C18H21N3OS. The van der Waals surface area contributed by atoms with Crippen LogP contribution < -0.4 is 15.4 Å². The lowest BCUT2D eigenvalue weighted by molar-refractivity contribution is 0.392. The molecule has 2 fully saturated rings. The van der Waals surface area contributed by atoms with Gasteiger partial charge in [-0.25, -0.2) is 0 Å². The zero-order valence-corrected chi connectivity index (χ0v) is 14.0. The molecule has 0 spiro atoms. The monoisotopic (exact) mass is 327 g/mol. The van der Waals surface area contributed by atoms with Crippen molar-refractivity contribution in [1.29, 1.82) is 0 Å². The van der Waals surface area contributed by atoms with Gasteiger partial charge in [0.25, 0.3) is 0 Å². The summed E-state index contributed by atoms with van der Waals surface area (Å²) in [6, 6.07) is 8.43. The molecule has 0 aliphatic heterocycles. The largest absolute Gasteiger partial charge is 0.494 e. The lowest BCUT2D eigenvalue weighted by Gasteiger charge is -2.24. The molecule has 1 aromatic carbocycles. The van der Waals surface area contributed by atoms with Crippen molar-refractivity contribution in [3.8, 4) is 5.75 Å².